The molecule has 0 saturated carbocycles. The van der Waals surface area contributed by atoms with Crippen LogP contribution in [0.3, 0.4) is 0 Å². The van der Waals surface area contributed by atoms with Gasteiger partial charge in [0.1, 0.15) is 5.75 Å². The van der Waals surface area contributed by atoms with Gasteiger partial charge >= 0.3 is 6.36 Å². The van der Waals surface area contributed by atoms with Gasteiger partial charge in [-0.1, -0.05) is 6.07 Å². The summed E-state index contributed by atoms with van der Waals surface area (Å²) < 4.78 is 40.8. The van der Waals surface area contributed by atoms with E-state index in [0.717, 1.165) is 12.1 Å². The largest absolute Gasteiger partial charge is 0.573 e. The molecule has 0 bridgehead atoms. The van der Waals surface area contributed by atoms with Crippen molar-refractivity contribution in [2.75, 3.05) is 18.1 Å². The van der Waals surface area contributed by atoms with Crippen molar-refractivity contribution in [2.24, 2.45) is 5.92 Å². The molecule has 118 valence electrons. The normalized spacial score (nSPS) is 17.0. The molecule has 21 heavy (non-hydrogen) atoms. The first kappa shape index (κ1) is 17.0. The van der Waals surface area contributed by atoms with Crippen LogP contribution in [0.1, 0.15) is 18.4 Å². The summed E-state index contributed by atoms with van der Waals surface area (Å²) in [5, 5.41) is 3.37. The number of thioether (sulfide) groups is 1. The molecule has 0 aliphatic carbocycles. The van der Waals surface area contributed by atoms with Gasteiger partial charge in [0.15, 0.2) is 0 Å². The molecule has 2 rings (SSSR count). The van der Waals surface area contributed by atoms with Crippen molar-refractivity contribution in [2.45, 2.75) is 25.7 Å². The molecule has 7 heteroatoms. The lowest BCUT2D eigenvalue weighted by Crippen LogP contribution is -2.25. The molecule has 0 atom stereocenters. The van der Waals surface area contributed by atoms with Gasteiger partial charge in [0.25, 0.3) is 0 Å². The van der Waals surface area contributed by atoms with Crippen molar-refractivity contribution in [3.8, 4) is 5.75 Å². The molecule has 2 nitrogen and oxygen atoms in total. The van der Waals surface area contributed by atoms with E-state index in [1.54, 1.807) is 12.1 Å². The second kappa shape index (κ2) is 7.74. The summed E-state index contributed by atoms with van der Waals surface area (Å²) in [5.41, 5.74) is 0.932. The van der Waals surface area contributed by atoms with Gasteiger partial charge in [-0.05, 0) is 70.4 Å². The van der Waals surface area contributed by atoms with Crippen LogP contribution >= 0.6 is 27.7 Å². The van der Waals surface area contributed by atoms with Crippen LogP contribution in [0.15, 0.2) is 22.7 Å². The van der Waals surface area contributed by atoms with E-state index < -0.39 is 6.36 Å². The second-order valence-corrected chi connectivity index (χ2v) is 7.08. The smallest absolute Gasteiger partial charge is 0.405 e. The molecule has 0 aromatic heterocycles. The minimum atomic E-state index is -4.67. The molecule has 1 aliphatic heterocycles. The molecule has 0 amide bonds. The van der Waals surface area contributed by atoms with Gasteiger partial charge in [-0.2, -0.15) is 11.8 Å². The lowest BCUT2D eigenvalue weighted by Gasteiger charge is -2.21. The molecule has 1 aliphatic rings. The number of benzene rings is 1. The Bertz CT molecular complexity index is 464. The van der Waals surface area contributed by atoms with E-state index in [0.29, 0.717) is 16.9 Å². The maximum Gasteiger partial charge on any atom is 0.573 e. The van der Waals surface area contributed by atoms with Gasteiger partial charge in [0.2, 0.25) is 0 Å². The van der Waals surface area contributed by atoms with Gasteiger partial charge in [-0.25, -0.2) is 0 Å². The Hall–Kier alpha value is -0.400. The van der Waals surface area contributed by atoms with Gasteiger partial charge in [-0.15, -0.1) is 13.2 Å². The van der Waals surface area contributed by atoms with E-state index >= 15 is 0 Å². The first-order valence-corrected chi connectivity index (χ1v) is 8.71. The zero-order valence-corrected chi connectivity index (χ0v) is 13.8. The Kier molecular flexibility index (Phi) is 6.25. The van der Waals surface area contributed by atoms with Crippen molar-refractivity contribution in [1.29, 1.82) is 0 Å². The molecule has 1 fully saturated rings. The highest BCUT2D eigenvalue weighted by Crippen LogP contribution is 2.31. The summed E-state index contributed by atoms with van der Waals surface area (Å²) in [6.07, 6.45) is -2.19. The highest BCUT2D eigenvalue weighted by Gasteiger charge is 2.31. The number of ether oxygens (including phenoxy) is 1. The van der Waals surface area contributed by atoms with Crippen LogP contribution in [0.5, 0.6) is 5.75 Å². The van der Waals surface area contributed by atoms with Crippen molar-refractivity contribution >= 4 is 27.7 Å². The topological polar surface area (TPSA) is 21.3 Å². The van der Waals surface area contributed by atoms with Crippen LogP contribution in [0, 0.1) is 5.92 Å². The number of hydrogen-bond donors (Lipinski definition) is 1. The van der Waals surface area contributed by atoms with Crippen LogP contribution < -0.4 is 10.1 Å². The summed E-state index contributed by atoms with van der Waals surface area (Å²) in [4.78, 5) is 0. The Labute approximate surface area is 134 Å². The molecule has 1 heterocycles. The van der Waals surface area contributed by atoms with Crippen molar-refractivity contribution < 1.29 is 17.9 Å². The zero-order chi connectivity index (χ0) is 15.3. The van der Waals surface area contributed by atoms with Crippen LogP contribution in [-0.4, -0.2) is 24.4 Å². The molecule has 0 radical (unpaired) electrons. The first-order valence-electron chi connectivity index (χ1n) is 6.76. The molecule has 1 N–H and O–H groups in total. The van der Waals surface area contributed by atoms with E-state index in [2.05, 4.69) is 26.0 Å². The summed E-state index contributed by atoms with van der Waals surface area (Å²) in [6.45, 7) is 1.60. The van der Waals surface area contributed by atoms with Crippen LogP contribution in [-0.2, 0) is 6.54 Å². The molecule has 1 aromatic rings. The average molecular weight is 384 g/mol. The number of rotatable bonds is 5. The summed E-state index contributed by atoms with van der Waals surface area (Å²) in [5.74, 6) is 2.95. The highest BCUT2D eigenvalue weighted by molar-refractivity contribution is 9.10. The minimum Gasteiger partial charge on any atom is -0.405 e. The number of hydrogen-bond acceptors (Lipinski definition) is 3. The Morgan fingerprint density at radius 1 is 1.29 bits per heavy atom. The molecular formula is C14H17BrF3NOS. The van der Waals surface area contributed by atoms with Gasteiger partial charge in [-0.3, -0.25) is 0 Å². The van der Waals surface area contributed by atoms with E-state index in [1.807, 2.05) is 11.8 Å². The first-order chi connectivity index (χ1) is 9.94. The minimum absolute atomic E-state index is 0.212. The number of nitrogens with one attached hydrogen (secondary N) is 1. The fourth-order valence-electron chi connectivity index (χ4n) is 2.23. The summed E-state index contributed by atoms with van der Waals surface area (Å²) in [6, 6.07) is 4.65. The quantitative estimate of drug-likeness (QED) is 0.803. The van der Waals surface area contributed by atoms with E-state index in [-0.39, 0.29) is 5.75 Å². The third kappa shape index (κ3) is 6.08. The fourth-order valence-corrected chi connectivity index (χ4v) is 3.94. The molecule has 1 saturated heterocycles. The van der Waals surface area contributed by atoms with Crippen LogP contribution in [0.2, 0.25) is 0 Å². The number of halogens is 4. The lowest BCUT2D eigenvalue weighted by atomic mass is 10.0. The molecule has 0 unspecified atom stereocenters. The SMILES string of the molecule is FC(F)(F)Oc1ccc(CNCC2CCSCC2)cc1Br. The predicted octanol–water partition coefficient (Wildman–Crippen LogP) is 4.58. The second-order valence-electron chi connectivity index (χ2n) is 5.00. The Morgan fingerprint density at radius 2 is 2.00 bits per heavy atom. The predicted molar refractivity (Wildman–Crippen MR) is 82.6 cm³/mol. The van der Waals surface area contributed by atoms with E-state index in [4.69, 9.17) is 0 Å². The third-order valence-corrected chi connectivity index (χ3v) is 4.99. The van der Waals surface area contributed by atoms with Crippen molar-refractivity contribution in [3.63, 3.8) is 0 Å². The van der Waals surface area contributed by atoms with Crippen molar-refractivity contribution in [1.82, 2.24) is 5.32 Å². The van der Waals surface area contributed by atoms with E-state index in [1.165, 1.54) is 30.4 Å². The maximum absolute atomic E-state index is 12.2. The standard InChI is InChI=1S/C14H17BrF3NOS/c15-12-7-11(1-2-13(12)20-14(16,17)18)9-19-8-10-3-5-21-6-4-10/h1-2,7,10,19H,3-6,8-9H2. The maximum atomic E-state index is 12.2. The van der Waals surface area contributed by atoms with Gasteiger partial charge in [0.05, 0.1) is 4.47 Å². The lowest BCUT2D eigenvalue weighted by molar-refractivity contribution is -0.274. The summed E-state index contributed by atoms with van der Waals surface area (Å²) >= 11 is 5.11. The third-order valence-electron chi connectivity index (χ3n) is 3.32. The molecular weight excluding hydrogens is 367 g/mol. The van der Waals surface area contributed by atoms with Crippen LogP contribution in [0.4, 0.5) is 13.2 Å². The fraction of sp³-hybridized carbons (Fsp3) is 0.571. The van der Waals surface area contributed by atoms with Gasteiger partial charge in [0, 0.05) is 6.54 Å². The molecule has 0 spiro atoms. The zero-order valence-electron chi connectivity index (χ0n) is 11.4. The Morgan fingerprint density at radius 3 is 2.62 bits per heavy atom. The highest BCUT2D eigenvalue weighted by atomic mass is 79.9. The van der Waals surface area contributed by atoms with Crippen molar-refractivity contribution in [3.05, 3.63) is 28.2 Å². The van der Waals surface area contributed by atoms with Gasteiger partial charge < -0.3 is 10.1 Å². The molecule has 1 aromatic carbocycles. The number of alkyl halides is 3. The monoisotopic (exact) mass is 383 g/mol. The van der Waals surface area contributed by atoms with E-state index in [9.17, 15) is 13.2 Å². The summed E-state index contributed by atoms with van der Waals surface area (Å²) in [7, 11) is 0. The Balaban J connectivity index is 1.82. The average Bonchev–Trinajstić information content (AvgIpc) is 2.42. The van der Waals surface area contributed by atoms with Crippen LogP contribution in [0.25, 0.3) is 0 Å².